The van der Waals surface area contributed by atoms with Crippen LogP contribution in [0.15, 0.2) is 12.1 Å². The minimum absolute atomic E-state index is 0.719. The Morgan fingerprint density at radius 2 is 2.15 bits per heavy atom. The first-order valence-electron chi connectivity index (χ1n) is 4.63. The summed E-state index contributed by atoms with van der Waals surface area (Å²) < 4.78 is 0. The van der Waals surface area contributed by atoms with Crippen LogP contribution in [0.1, 0.15) is 35.4 Å². The number of benzene rings is 1. The van der Waals surface area contributed by atoms with Crippen LogP contribution in [0.4, 0.5) is 5.69 Å². The summed E-state index contributed by atoms with van der Waals surface area (Å²) in [5.74, 6) is 0.735. The van der Waals surface area contributed by atoms with Gasteiger partial charge in [-0.05, 0) is 42.9 Å². The lowest BCUT2D eigenvalue weighted by Gasteiger charge is -2.09. The van der Waals surface area contributed by atoms with Gasteiger partial charge in [0.05, 0.1) is 0 Å². The average Bonchev–Trinajstić information content (AvgIpc) is 2.88. The summed E-state index contributed by atoms with van der Waals surface area (Å²) in [6, 6.07) is 4.02. The van der Waals surface area contributed by atoms with Crippen molar-refractivity contribution in [1.82, 2.24) is 0 Å². The number of hydrogen-bond donors (Lipinski definition) is 2. The fourth-order valence-corrected chi connectivity index (χ4v) is 1.79. The van der Waals surface area contributed by atoms with E-state index in [-0.39, 0.29) is 0 Å². The van der Waals surface area contributed by atoms with E-state index < -0.39 is 0 Å². The van der Waals surface area contributed by atoms with Crippen LogP contribution in [0.5, 0.6) is 0 Å². The smallest absolute Gasteiger partial charge is 0.0405 e. The van der Waals surface area contributed by atoms with Crippen molar-refractivity contribution in [2.45, 2.75) is 25.7 Å². The molecule has 1 aliphatic carbocycles. The molecule has 1 saturated carbocycles. The summed E-state index contributed by atoms with van der Waals surface area (Å²) in [6.45, 7) is 2.06. The molecule has 0 aliphatic heterocycles. The van der Waals surface area contributed by atoms with Crippen LogP contribution in [-0.4, -0.2) is 6.21 Å². The highest BCUT2D eigenvalue weighted by atomic mass is 14.6. The second kappa shape index (κ2) is 2.87. The summed E-state index contributed by atoms with van der Waals surface area (Å²) in [5, 5.41) is 7.28. The molecule has 0 radical (unpaired) electrons. The first-order chi connectivity index (χ1) is 6.24. The highest BCUT2D eigenvalue weighted by molar-refractivity contribution is 5.87. The van der Waals surface area contributed by atoms with Crippen molar-refractivity contribution >= 4 is 11.9 Å². The Balaban J connectivity index is 2.53. The molecule has 1 fully saturated rings. The molecule has 2 rings (SSSR count). The van der Waals surface area contributed by atoms with Crippen molar-refractivity contribution in [2.75, 3.05) is 5.73 Å². The number of hydrogen-bond acceptors (Lipinski definition) is 2. The summed E-state index contributed by atoms with van der Waals surface area (Å²) in [6.07, 6.45) is 3.95. The Hall–Kier alpha value is -1.31. The van der Waals surface area contributed by atoms with E-state index >= 15 is 0 Å². The molecule has 0 unspecified atom stereocenters. The third kappa shape index (κ3) is 1.32. The van der Waals surface area contributed by atoms with Crippen LogP contribution >= 0.6 is 0 Å². The van der Waals surface area contributed by atoms with Gasteiger partial charge in [0.25, 0.3) is 0 Å². The van der Waals surface area contributed by atoms with Crippen molar-refractivity contribution in [1.29, 1.82) is 5.41 Å². The first-order valence-corrected chi connectivity index (χ1v) is 4.63. The van der Waals surface area contributed by atoms with Crippen molar-refractivity contribution in [2.24, 2.45) is 0 Å². The molecule has 13 heavy (non-hydrogen) atoms. The summed E-state index contributed by atoms with van der Waals surface area (Å²) in [7, 11) is 0. The van der Waals surface area contributed by atoms with Crippen LogP contribution in [-0.2, 0) is 0 Å². The van der Waals surface area contributed by atoms with Crippen molar-refractivity contribution < 1.29 is 0 Å². The molecular formula is C11H14N2. The van der Waals surface area contributed by atoms with Gasteiger partial charge in [-0.1, -0.05) is 6.07 Å². The van der Waals surface area contributed by atoms with Gasteiger partial charge in [0, 0.05) is 17.5 Å². The minimum atomic E-state index is 0.719. The lowest BCUT2D eigenvalue weighted by Crippen LogP contribution is -1.99. The summed E-state index contributed by atoms with van der Waals surface area (Å²) in [5.41, 5.74) is 9.96. The van der Waals surface area contributed by atoms with Crippen molar-refractivity contribution in [3.63, 3.8) is 0 Å². The highest BCUT2D eigenvalue weighted by Gasteiger charge is 2.25. The number of nitrogens with one attached hydrogen (secondary N) is 1. The fourth-order valence-electron chi connectivity index (χ4n) is 1.79. The Morgan fingerprint density at radius 3 is 2.69 bits per heavy atom. The molecule has 0 atom stereocenters. The van der Waals surface area contributed by atoms with Crippen LogP contribution in [0.3, 0.4) is 0 Å². The molecule has 3 N–H and O–H groups in total. The molecule has 2 heteroatoms. The number of anilines is 1. The molecule has 1 aromatic rings. The quantitative estimate of drug-likeness (QED) is 0.525. The zero-order chi connectivity index (χ0) is 9.42. The van der Waals surface area contributed by atoms with Crippen LogP contribution < -0.4 is 5.73 Å². The van der Waals surface area contributed by atoms with Crippen LogP contribution in [0, 0.1) is 12.3 Å². The van der Waals surface area contributed by atoms with Gasteiger partial charge in [0.15, 0.2) is 0 Å². The SMILES string of the molecule is Cc1c(C2CC2)ccc(N)c1C=N. The number of nitrogen functional groups attached to an aromatic ring is 1. The standard InChI is InChI=1S/C11H14N2/c1-7-9(8-2-3-8)4-5-11(13)10(7)6-12/h4-6,8,12H,2-3,13H2,1H3. The van der Waals surface area contributed by atoms with Crippen molar-refractivity contribution in [3.8, 4) is 0 Å². The van der Waals surface area contributed by atoms with E-state index in [0.717, 1.165) is 17.2 Å². The predicted octanol–water partition coefficient (Wildman–Crippen LogP) is 2.45. The van der Waals surface area contributed by atoms with E-state index in [1.54, 1.807) is 0 Å². The number of nitrogens with two attached hydrogens (primary N) is 1. The molecule has 0 spiro atoms. The van der Waals surface area contributed by atoms with E-state index in [9.17, 15) is 0 Å². The zero-order valence-electron chi connectivity index (χ0n) is 7.80. The van der Waals surface area contributed by atoms with Gasteiger partial charge in [0.1, 0.15) is 0 Å². The normalized spacial score (nSPS) is 15.8. The predicted molar refractivity (Wildman–Crippen MR) is 55.5 cm³/mol. The average molecular weight is 174 g/mol. The monoisotopic (exact) mass is 174 g/mol. The molecule has 2 nitrogen and oxygen atoms in total. The minimum Gasteiger partial charge on any atom is -0.398 e. The van der Waals surface area contributed by atoms with Gasteiger partial charge >= 0.3 is 0 Å². The highest BCUT2D eigenvalue weighted by Crippen LogP contribution is 2.42. The van der Waals surface area contributed by atoms with Gasteiger partial charge in [0.2, 0.25) is 0 Å². The summed E-state index contributed by atoms with van der Waals surface area (Å²) >= 11 is 0. The third-order valence-electron chi connectivity index (χ3n) is 2.75. The van der Waals surface area contributed by atoms with E-state index in [1.807, 2.05) is 6.07 Å². The largest absolute Gasteiger partial charge is 0.398 e. The molecule has 1 aromatic carbocycles. The topological polar surface area (TPSA) is 49.9 Å². The molecule has 0 aromatic heterocycles. The zero-order valence-corrected chi connectivity index (χ0v) is 7.80. The second-order valence-corrected chi connectivity index (χ2v) is 3.70. The molecule has 0 amide bonds. The molecule has 0 heterocycles. The van der Waals surface area contributed by atoms with E-state index in [4.69, 9.17) is 11.1 Å². The van der Waals surface area contributed by atoms with Gasteiger partial charge in [-0.25, -0.2) is 0 Å². The van der Waals surface area contributed by atoms with Crippen molar-refractivity contribution in [3.05, 3.63) is 28.8 Å². The Kier molecular flexibility index (Phi) is 1.83. The third-order valence-corrected chi connectivity index (χ3v) is 2.75. The summed E-state index contributed by atoms with van der Waals surface area (Å²) in [4.78, 5) is 0. The van der Waals surface area contributed by atoms with Crippen LogP contribution in [0.2, 0.25) is 0 Å². The maximum atomic E-state index is 7.28. The molecular weight excluding hydrogens is 160 g/mol. The van der Waals surface area contributed by atoms with E-state index in [2.05, 4.69) is 13.0 Å². The fraction of sp³-hybridized carbons (Fsp3) is 0.364. The lowest BCUT2D eigenvalue weighted by atomic mass is 9.98. The molecule has 68 valence electrons. The first kappa shape index (κ1) is 8.30. The maximum Gasteiger partial charge on any atom is 0.0405 e. The second-order valence-electron chi connectivity index (χ2n) is 3.70. The van der Waals surface area contributed by atoms with Gasteiger partial charge in [-0.3, -0.25) is 0 Å². The Labute approximate surface area is 78.3 Å². The van der Waals surface area contributed by atoms with Gasteiger partial charge in [-0.2, -0.15) is 0 Å². The lowest BCUT2D eigenvalue weighted by molar-refractivity contribution is 1.10. The van der Waals surface area contributed by atoms with Gasteiger partial charge in [-0.15, -0.1) is 0 Å². The van der Waals surface area contributed by atoms with Gasteiger partial charge < -0.3 is 11.1 Å². The Morgan fingerprint density at radius 1 is 1.46 bits per heavy atom. The van der Waals surface area contributed by atoms with E-state index in [0.29, 0.717) is 0 Å². The molecule has 0 saturated heterocycles. The number of rotatable bonds is 2. The molecule has 0 bridgehead atoms. The molecule has 1 aliphatic rings. The Bertz CT molecular complexity index is 351. The van der Waals surface area contributed by atoms with E-state index in [1.165, 1.54) is 30.2 Å². The van der Waals surface area contributed by atoms with Crippen LogP contribution in [0.25, 0.3) is 0 Å². The maximum absolute atomic E-state index is 7.28.